The fourth-order valence-corrected chi connectivity index (χ4v) is 2.70. The topological polar surface area (TPSA) is 9.23 Å². The molecule has 86 valence electrons. The SMILES string of the molecule is CC1=CCC(OC2CCC(C)CC2)CC1. The van der Waals surface area contributed by atoms with Crippen molar-refractivity contribution in [2.75, 3.05) is 0 Å². The van der Waals surface area contributed by atoms with Crippen molar-refractivity contribution in [3.8, 4) is 0 Å². The largest absolute Gasteiger partial charge is 0.375 e. The Morgan fingerprint density at radius 3 is 2.40 bits per heavy atom. The lowest BCUT2D eigenvalue weighted by atomic mass is 9.88. The molecular weight excluding hydrogens is 184 g/mol. The zero-order valence-electron chi connectivity index (χ0n) is 10.2. The highest BCUT2D eigenvalue weighted by molar-refractivity contribution is 5.03. The van der Waals surface area contributed by atoms with Gasteiger partial charge >= 0.3 is 0 Å². The molecule has 0 N–H and O–H groups in total. The third-order valence-electron chi connectivity index (χ3n) is 3.94. The van der Waals surface area contributed by atoms with Crippen LogP contribution in [0, 0.1) is 5.92 Å². The van der Waals surface area contributed by atoms with Gasteiger partial charge in [0.05, 0.1) is 12.2 Å². The van der Waals surface area contributed by atoms with Crippen LogP contribution >= 0.6 is 0 Å². The van der Waals surface area contributed by atoms with Gasteiger partial charge in [-0.3, -0.25) is 0 Å². The average Bonchev–Trinajstić information content (AvgIpc) is 2.25. The minimum atomic E-state index is 0.520. The molecule has 0 aromatic heterocycles. The van der Waals surface area contributed by atoms with Crippen LogP contribution in [-0.2, 0) is 4.74 Å². The first-order valence-electron chi connectivity index (χ1n) is 6.55. The van der Waals surface area contributed by atoms with Crippen molar-refractivity contribution in [1.82, 2.24) is 0 Å². The van der Waals surface area contributed by atoms with Crippen LogP contribution in [0.4, 0.5) is 0 Å². The van der Waals surface area contributed by atoms with Gasteiger partial charge in [-0.2, -0.15) is 0 Å². The molecule has 1 saturated carbocycles. The fraction of sp³-hybridized carbons (Fsp3) is 0.857. The van der Waals surface area contributed by atoms with Gasteiger partial charge in [-0.15, -0.1) is 0 Å². The predicted molar refractivity (Wildman–Crippen MR) is 63.9 cm³/mol. The van der Waals surface area contributed by atoms with Crippen LogP contribution < -0.4 is 0 Å². The Balaban J connectivity index is 1.73. The predicted octanol–water partition coefficient (Wildman–Crippen LogP) is 4.08. The van der Waals surface area contributed by atoms with Gasteiger partial charge in [0.1, 0.15) is 0 Å². The first-order chi connectivity index (χ1) is 7.24. The van der Waals surface area contributed by atoms with Crippen molar-refractivity contribution in [2.45, 2.75) is 71.0 Å². The van der Waals surface area contributed by atoms with E-state index in [2.05, 4.69) is 19.9 Å². The highest BCUT2D eigenvalue weighted by Crippen LogP contribution is 2.29. The highest BCUT2D eigenvalue weighted by atomic mass is 16.5. The number of ether oxygens (including phenoxy) is 1. The van der Waals surface area contributed by atoms with Gasteiger partial charge in [0.2, 0.25) is 0 Å². The van der Waals surface area contributed by atoms with Crippen molar-refractivity contribution in [3.63, 3.8) is 0 Å². The Kier molecular flexibility index (Phi) is 3.85. The first-order valence-corrected chi connectivity index (χ1v) is 6.55. The van der Waals surface area contributed by atoms with Crippen LogP contribution in [-0.4, -0.2) is 12.2 Å². The van der Waals surface area contributed by atoms with Gasteiger partial charge in [-0.25, -0.2) is 0 Å². The molecule has 0 heterocycles. The zero-order valence-corrected chi connectivity index (χ0v) is 10.2. The maximum atomic E-state index is 6.18. The Labute approximate surface area is 93.9 Å². The number of hydrogen-bond donors (Lipinski definition) is 0. The average molecular weight is 208 g/mol. The summed E-state index contributed by atoms with van der Waals surface area (Å²) in [5.41, 5.74) is 1.55. The van der Waals surface area contributed by atoms with E-state index in [1.165, 1.54) is 38.5 Å². The molecule has 1 nitrogen and oxygen atoms in total. The molecular formula is C14H24O. The van der Waals surface area contributed by atoms with E-state index in [1.54, 1.807) is 5.57 Å². The summed E-state index contributed by atoms with van der Waals surface area (Å²) < 4.78 is 6.18. The molecule has 1 unspecified atom stereocenters. The van der Waals surface area contributed by atoms with E-state index in [-0.39, 0.29) is 0 Å². The minimum absolute atomic E-state index is 0.520. The van der Waals surface area contributed by atoms with E-state index in [9.17, 15) is 0 Å². The maximum Gasteiger partial charge on any atom is 0.0616 e. The molecule has 0 amide bonds. The number of allylic oxidation sites excluding steroid dienone is 1. The number of hydrogen-bond acceptors (Lipinski definition) is 1. The number of rotatable bonds is 2. The third kappa shape index (κ3) is 3.34. The van der Waals surface area contributed by atoms with Gasteiger partial charge < -0.3 is 4.74 Å². The van der Waals surface area contributed by atoms with Gasteiger partial charge in [-0.05, 0) is 57.8 Å². The standard InChI is InChI=1S/C14H24O/c1-11-3-7-13(8-4-11)15-14-9-5-12(2)6-10-14/h3,12-14H,4-10H2,1-2H3. The molecule has 1 fully saturated rings. The van der Waals surface area contributed by atoms with E-state index in [4.69, 9.17) is 4.74 Å². The molecule has 1 heteroatoms. The molecule has 2 aliphatic rings. The van der Waals surface area contributed by atoms with E-state index in [1.807, 2.05) is 0 Å². The van der Waals surface area contributed by atoms with E-state index in [0.717, 1.165) is 12.3 Å². The van der Waals surface area contributed by atoms with Gasteiger partial charge in [0.15, 0.2) is 0 Å². The van der Waals surface area contributed by atoms with Crippen LogP contribution in [0.3, 0.4) is 0 Å². The van der Waals surface area contributed by atoms with Crippen LogP contribution in [0.15, 0.2) is 11.6 Å². The molecule has 0 radical (unpaired) electrons. The highest BCUT2D eigenvalue weighted by Gasteiger charge is 2.22. The van der Waals surface area contributed by atoms with Gasteiger partial charge in [0.25, 0.3) is 0 Å². The first kappa shape index (κ1) is 11.2. The van der Waals surface area contributed by atoms with Crippen molar-refractivity contribution in [3.05, 3.63) is 11.6 Å². The summed E-state index contributed by atoms with van der Waals surface area (Å²) in [5, 5.41) is 0. The van der Waals surface area contributed by atoms with Gasteiger partial charge in [0, 0.05) is 0 Å². The second kappa shape index (κ2) is 5.16. The van der Waals surface area contributed by atoms with Crippen molar-refractivity contribution in [1.29, 1.82) is 0 Å². The Morgan fingerprint density at radius 1 is 1.07 bits per heavy atom. The van der Waals surface area contributed by atoms with Crippen molar-refractivity contribution in [2.24, 2.45) is 5.92 Å². The Bertz CT molecular complexity index is 223. The summed E-state index contributed by atoms with van der Waals surface area (Å²) in [6, 6.07) is 0. The van der Waals surface area contributed by atoms with Crippen molar-refractivity contribution >= 4 is 0 Å². The second-order valence-corrected chi connectivity index (χ2v) is 5.46. The second-order valence-electron chi connectivity index (χ2n) is 5.46. The molecule has 0 spiro atoms. The summed E-state index contributed by atoms with van der Waals surface area (Å²) in [5.74, 6) is 0.929. The smallest absolute Gasteiger partial charge is 0.0616 e. The lowest BCUT2D eigenvalue weighted by Gasteiger charge is -2.31. The molecule has 0 aromatic rings. The summed E-state index contributed by atoms with van der Waals surface area (Å²) in [7, 11) is 0. The monoisotopic (exact) mass is 208 g/mol. The van der Waals surface area contributed by atoms with E-state index < -0.39 is 0 Å². The normalized spacial score (nSPS) is 37.5. The van der Waals surface area contributed by atoms with E-state index in [0.29, 0.717) is 12.2 Å². The summed E-state index contributed by atoms with van der Waals surface area (Å²) >= 11 is 0. The maximum absolute atomic E-state index is 6.18. The quantitative estimate of drug-likeness (QED) is 0.621. The summed E-state index contributed by atoms with van der Waals surface area (Å²) in [6.07, 6.45) is 12.4. The fourth-order valence-electron chi connectivity index (χ4n) is 2.70. The molecule has 15 heavy (non-hydrogen) atoms. The molecule has 0 aliphatic heterocycles. The third-order valence-corrected chi connectivity index (χ3v) is 3.94. The molecule has 0 aromatic carbocycles. The molecule has 2 rings (SSSR count). The Morgan fingerprint density at radius 2 is 1.80 bits per heavy atom. The van der Waals surface area contributed by atoms with Gasteiger partial charge in [-0.1, -0.05) is 18.6 Å². The molecule has 0 bridgehead atoms. The summed E-state index contributed by atoms with van der Waals surface area (Å²) in [6.45, 7) is 4.60. The van der Waals surface area contributed by atoms with Crippen LogP contribution in [0.2, 0.25) is 0 Å². The van der Waals surface area contributed by atoms with Crippen LogP contribution in [0.25, 0.3) is 0 Å². The zero-order chi connectivity index (χ0) is 10.7. The van der Waals surface area contributed by atoms with Crippen LogP contribution in [0.5, 0.6) is 0 Å². The molecule has 1 atom stereocenters. The van der Waals surface area contributed by atoms with Crippen LogP contribution in [0.1, 0.15) is 58.8 Å². The molecule has 0 saturated heterocycles. The van der Waals surface area contributed by atoms with E-state index >= 15 is 0 Å². The lowest BCUT2D eigenvalue weighted by Crippen LogP contribution is -2.27. The van der Waals surface area contributed by atoms with Crippen molar-refractivity contribution < 1.29 is 4.74 Å². The Hall–Kier alpha value is -0.300. The molecule has 2 aliphatic carbocycles. The summed E-state index contributed by atoms with van der Waals surface area (Å²) in [4.78, 5) is 0. The minimum Gasteiger partial charge on any atom is -0.375 e. The lowest BCUT2D eigenvalue weighted by molar-refractivity contribution is -0.0389.